The van der Waals surface area contributed by atoms with Gasteiger partial charge in [-0.1, -0.05) is 29.3 Å². The van der Waals surface area contributed by atoms with Crippen LogP contribution in [0.2, 0.25) is 10.0 Å². The van der Waals surface area contributed by atoms with Gasteiger partial charge < -0.3 is 15.2 Å². The van der Waals surface area contributed by atoms with Crippen LogP contribution in [-0.4, -0.2) is 18.4 Å². The monoisotopic (exact) mass is 383 g/mol. The second kappa shape index (κ2) is 8.73. The summed E-state index contributed by atoms with van der Waals surface area (Å²) in [6, 6.07) is 10.6. The van der Waals surface area contributed by atoms with Crippen LogP contribution in [0, 0.1) is 0 Å². The molecule has 0 saturated heterocycles. The summed E-state index contributed by atoms with van der Waals surface area (Å²) in [7, 11) is 1.56. The minimum atomic E-state index is 0.0954. The Bertz CT molecular complexity index is 769. The molecule has 2 rings (SSSR count). The number of thiocarbonyl (C=S) groups is 1. The average molecular weight is 384 g/mol. The third-order valence-electron chi connectivity index (χ3n) is 2.97. The summed E-state index contributed by atoms with van der Waals surface area (Å²) in [5, 5.41) is 5.12. The third-order valence-corrected chi connectivity index (χ3v) is 3.65. The molecule has 2 aromatic carbocycles. The summed E-state index contributed by atoms with van der Waals surface area (Å²) in [6.45, 7) is 0.294. The van der Waals surface area contributed by atoms with Gasteiger partial charge in [-0.3, -0.25) is 5.43 Å². The highest BCUT2D eigenvalue weighted by Crippen LogP contribution is 2.29. The lowest BCUT2D eigenvalue weighted by Crippen LogP contribution is -2.23. The van der Waals surface area contributed by atoms with Crippen molar-refractivity contribution in [3.63, 3.8) is 0 Å². The number of nitrogens with two attached hydrogens (primary N) is 1. The lowest BCUT2D eigenvalue weighted by molar-refractivity contribution is 0.284. The topological polar surface area (TPSA) is 68.9 Å². The summed E-state index contributed by atoms with van der Waals surface area (Å²) in [6.07, 6.45) is 1.57. The third kappa shape index (κ3) is 5.26. The van der Waals surface area contributed by atoms with Crippen LogP contribution in [0.25, 0.3) is 0 Å². The Morgan fingerprint density at radius 2 is 2.04 bits per heavy atom. The molecule has 0 aliphatic heterocycles. The van der Waals surface area contributed by atoms with Crippen molar-refractivity contribution in [2.75, 3.05) is 7.11 Å². The molecule has 0 saturated carbocycles. The summed E-state index contributed by atoms with van der Waals surface area (Å²) < 4.78 is 11.1. The number of hydrogen-bond donors (Lipinski definition) is 2. The standard InChI is InChI=1S/C16H15Cl2N3O2S/c1-22-15-6-10(8-20-21-16(19)24)2-5-14(15)23-9-11-3-4-12(17)7-13(11)18/h2-8H,9H2,1H3,(H3,19,21,24)/b20-8+. The Labute approximate surface area is 155 Å². The van der Waals surface area contributed by atoms with E-state index in [1.165, 1.54) is 0 Å². The van der Waals surface area contributed by atoms with E-state index in [1.54, 1.807) is 37.6 Å². The van der Waals surface area contributed by atoms with Gasteiger partial charge in [0.25, 0.3) is 0 Å². The molecule has 0 aliphatic carbocycles. The van der Waals surface area contributed by atoms with Gasteiger partial charge in [0.1, 0.15) is 6.61 Å². The zero-order valence-corrected chi connectivity index (χ0v) is 15.1. The van der Waals surface area contributed by atoms with E-state index in [2.05, 4.69) is 22.7 Å². The molecule has 8 heteroatoms. The zero-order valence-electron chi connectivity index (χ0n) is 12.8. The summed E-state index contributed by atoms with van der Waals surface area (Å²) in [4.78, 5) is 0. The van der Waals surface area contributed by atoms with Gasteiger partial charge in [0.2, 0.25) is 0 Å². The van der Waals surface area contributed by atoms with E-state index in [0.29, 0.717) is 28.2 Å². The predicted octanol–water partition coefficient (Wildman–Crippen LogP) is 3.75. The van der Waals surface area contributed by atoms with Gasteiger partial charge in [-0.2, -0.15) is 5.10 Å². The van der Waals surface area contributed by atoms with Gasteiger partial charge in [0.05, 0.1) is 13.3 Å². The molecule has 2 aromatic rings. The molecule has 0 aliphatic rings. The molecule has 3 N–H and O–H groups in total. The second-order valence-electron chi connectivity index (χ2n) is 4.67. The summed E-state index contributed by atoms with van der Waals surface area (Å²) >= 11 is 16.7. The molecular weight excluding hydrogens is 369 g/mol. The molecule has 0 heterocycles. The molecule has 0 aromatic heterocycles. The number of rotatable bonds is 6. The molecule has 0 unspecified atom stereocenters. The van der Waals surface area contributed by atoms with Gasteiger partial charge in [-0.15, -0.1) is 0 Å². The number of hydrogen-bond acceptors (Lipinski definition) is 4. The maximum atomic E-state index is 6.14. The highest BCUT2D eigenvalue weighted by Gasteiger charge is 2.07. The highest BCUT2D eigenvalue weighted by molar-refractivity contribution is 7.80. The van der Waals surface area contributed by atoms with Crippen LogP contribution >= 0.6 is 35.4 Å². The van der Waals surface area contributed by atoms with Crippen molar-refractivity contribution in [3.05, 3.63) is 57.6 Å². The van der Waals surface area contributed by atoms with Crippen LogP contribution in [0.15, 0.2) is 41.5 Å². The normalized spacial score (nSPS) is 10.6. The van der Waals surface area contributed by atoms with Crippen molar-refractivity contribution >= 4 is 46.7 Å². The molecular formula is C16H15Cl2N3O2S. The Morgan fingerprint density at radius 1 is 1.25 bits per heavy atom. The number of nitrogens with one attached hydrogen (secondary N) is 1. The Morgan fingerprint density at radius 3 is 2.71 bits per heavy atom. The van der Waals surface area contributed by atoms with Crippen LogP contribution in [0.5, 0.6) is 11.5 Å². The number of halogens is 2. The predicted molar refractivity (Wildman–Crippen MR) is 101 cm³/mol. The number of methoxy groups -OCH3 is 1. The quantitative estimate of drug-likeness (QED) is 0.451. The fourth-order valence-electron chi connectivity index (χ4n) is 1.85. The van der Waals surface area contributed by atoms with Crippen LogP contribution in [0.4, 0.5) is 0 Å². The van der Waals surface area contributed by atoms with Crippen molar-refractivity contribution in [2.45, 2.75) is 6.61 Å². The van der Waals surface area contributed by atoms with Crippen molar-refractivity contribution in [2.24, 2.45) is 10.8 Å². The SMILES string of the molecule is COc1cc(/C=N/NC(N)=S)ccc1OCc1ccc(Cl)cc1Cl. The van der Waals surface area contributed by atoms with Gasteiger partial charge in [0, 0.05) is 15.6 Å². The second-order valence-corrected chi connectivity index (χ2v) is 5.95. The summed E-state index contributed by atoms with van der Waals surface area (Å²) in [5.74, 6) is 1.15. The molecule has 0 spiro atoms. The van der Waals surface area contributed by atoms with Crippen molar-refractivity contribution < 1.29 is 9.47 Å². The Kier molecular flexibility index (Phi) is 6.66. The van der Waals surface area contributed by atoms with E-state index in [4.69, 9.17) is 38.4 Å². The average Bonchev–Trinajstić information content (AvgIpc) is 2.54. The first-order chi connectivity index (χ1) is 11.5. The maximum absolute atomic E-state index is 6.14. The fourth-order valence-corrected chi connectivity index (χ4v) is 2.36. The van der Waals surface area contributed by atoms with Gasteiger partial charge in [-0.25, -0.2) is 0 Å². The Balaban J connectivity index is 2.09. The molecule has 0 atom stereocenters. The van der Waals surface area contributed by atoms with E-state index >= 15 is 0 Å². The highest BCUT2D eigenvalue weighted by atomic mass is 35.5. The first kappa shape index (κ1) is 18.3. The largest absolute Gasteiger partial charge is 0.493 e. The number of hydrazone groups is 1. The zero-order chi connectivity index (χ0) is 17.5. The first-order valence-corrected chi connectivity index (χ1v) is 7.99. The fraction of sp³-hybridized carbons (Fsp3) is 0.125. The van der Waals surface area contributed by atoms with Crippen molar-refractivity contribution in [3.8, 4) is 11.5 Å². The van der Waals surface area contributed by atoms with Crippen LogP contribution in [-0.2, 0) is 6.61 Å². The molecule has 0 amide bonds. The molecule has 126 valence electrons. The van der Waals surface area contributed by atoms with Gasteiger partial charge in [-0.05, 0) is 48.1 Å². The number of benzene rings is 2. The van der Waals surface area contributed by atoms with Crippen molar-refractivity contribution in [1.82, 2.24) is 5.43 Å². The van der Waals surface area contributed by atoms with Crippen LogP contribution in [0.3, 0.4) is 0 Å². The number of nitrogens with zero attached hydrogens (tertiary/aromatic N) is 1. The van der Waals surface area contributed by atoms with E-state index < -0.39 is 0 Å². The van der Waals surface area contributed by atoms with Crippen molar-refractivity contribution in [1.29, 1.82) is 0 Å². The smallest absolute Gasteiger partial charge is 0.184 e. The molecule has 5 nitrogen and oxygen atoms in total. The van der Waals surface area contributed by atoms with Gasteiger partial charge >= 0.3 is 0 Å². The van der Waals surface area contributed by atoms with E-state index in [-0.39, 0.29) is 5.11 Å². The maximum Gasteiger partial charge on any atom is 0.184 e. The molecule has 0 bridgehead atoms. The summed E-state index contributed by atoms with van der Waals surface area (Å²) in [5.41, 5.74) is 9.41. The minimum absolute atomic E-state index is 0.0954. The van der Waals surface area contributed by atoms with E-state index in [9.17, 15) is 0 Å². The van der Waals surface area contributed by atoms with Gasteiger partial charge in [0.15, 0.2) is 16.6 Å². The molecule has 0 fully saturated rings. The lowest BCUT2D eigenvalue weighted by atomic mass is 10.2. The van der Waals surface area contributed by atoms with E-state index in [0.717, 1.165) is 11.1 Å². The van der Waals surface area contributed by atoms with Crippen LogP contribution in [0.1, 0.15) is 11.1 Å². The first-order valence-electron chi connectivity index (χ1n) is 6.83. The minimum Gasteiger partial charge on any atom is -0.493 e. The number of ether oxygens (including phenoxy) is 2. The van der Waals surface area contributed by atoms with Crippen LogP contribution < -0.4 is 20.6 Å². The van der Waals surface area contributed by atoms with E-state index in [1.807, 2.05) is 12.1 Å². The Hall–Kier alpha value is -2.02. The lowest BCUT2D eigenvalue weighted by Gasteiger charge is -2.12. The molecule has 24 heavy (non-hydrogen) atoms. The molecule has 0 radical (unpaired) electrons.